The first kappa shape index (κ1) is 20.0. The summed E-state index contributed by atoms with van der Waals surface area (Å²) in [6, 6.07) is 5.38. The maximum atomic E-state index is 12.2. The van der Waals surface area contributed by atoms with Crippen LogP contribution in [0.1, 0.15) is 37.8 Å². The van der Waals surface area contributed by atoms with E-state index < -0.39 is 6.04 Å². The van der Waals surface area contributed by atoms with E-state index in [0.717, 1.165) is 11.3 Å². The van der Waals surface area contributed by atoms with Crippen molar-refractivity contribution in [3.8, 4) is 5.75 Å². The number of aryl methyl sites for hydroxylation is 2. The number of hydrogen-bond acceptors (Lipinski definition) is 3. The van der Waals surface area contributed by atoms with Gasteiger partial charge in [-0.15, -0.1) is 0 Å². The van der Waals surface area contributed by atoms with Crippen LogP contribution in [0.25, 0.3) is 0 Å². The quantitative estimate of drug-likeness (QED) is 0.795. The lowest BCUT2D eigenvalue weighted by Crippen LogP contribution is -2.47. The molecule has 0 heterocycles. The highest BCUT2D eigenvalue weighted by Crippen LogP contribution is 2.16. The summed E-state index contributed by atoms with van der Waals surface area (Å²) in [5.74, 6) is 0.840. The lowest BCUT2D eigenvalue weighted by molar-refractivity contribution is -0.135. The van der Waals surface area contributed by atoms with Crippen LogP contribution < -0.4 is 10.1 Å². The Balaban J connectivity index is 2.50. The molecule has 1 atom stereocenters. The van der Waals surface area contributed by atoms with Crippen molar-refractivity contribution in [2.24, 2.45) is 5.92 Å². The summed E-state index contributed by atoms with van der Waals surface area (Å²) in [5, 5.41) is 2.83. The summed E-state index contributed by atoms with van der Waals surface area (Å²) >= 11 is 0. The van der Waals surface area contributed by atoms with Gasteiger partial charge in [-0.1, -0.05) is 19.9 Å². The molecule has 1 aromatic carbocycles. The van der Waals surface area contributed by atoms with Gasteiger partial charge >= 0.3 is 0 Å². The first-order chi connectivity index (χ1) is 11.2. The lowest BCUT2D eigenvalue weighted by Gasteiger charge is -2.23. The zero-order valence-corrected chi connectivity index (χ0v) is 15.7. The molecule has 1 N–H and O–H groups in total. The predicted octanol–water partition coefficient (Wildman–Crippen LogP) is 2.69. The molecule has 0 aliphatic rings. The average molecular weight is 334 g/mol. The van der Waals surface area contributed by atoms with Crippen molar-refractivity contribution in [2.75, 3.05) is 20.7 Å². The molecular weight excluding hydrogens is 304 g/mol. The SMILES string of the molecule is Cc1ccc(OCCC(=O)N[C@@H](CC(C)C)C(=O)N(C)C)cc1C. The van der Waals surface area contributed by atoms with E-state index in [0.29, 0.717) is 18.9 Å². The number of hydrogen-bond donors (Lipinski definition) is 1. The molecule has 0 aromatic heterocycles. The van der Waals surface area contributed by atoms with E-state index in [-0.39, 0.29) is 18.2 Å². The minimum absolute atomic E-state index is 0.0767. The molecule has 0 unspecified atom stereocenters. The Labute approximate surface area is 145 Å². The largest absolute Gasteiger partial charge is 0.493 e. The molecule has 24 heavy (non-hydrogen) atoms. The molecule has 2 amide bonds. The van der Waals surface area contributed by atoms with Gasteiger partial charge in [-0.2, -0.15) is 0 Å². The molecule has 0 radical (unpaired) electrons. The van der Waals surface area contributed by atoms with Gasteiger partial charge in [0.25, 0.3) is 0 Å². The Morgan fingerprint density at radius 1 is 1.17 bits per heavy atom. The molecule has 5 heteroatoms. The van der Waals surface area contributed by atoms with Crippen LogP contribution in [0.15, 0.2) is 18.2 Å². The Bertz CT molecular complexity index is 568. The van der Waals surface area contributed by atoms with Crippen LogP contribution in [0.2, 0.25) is 0 Å². The fraction of sp³-hybridized carbons (Fsp3) is 0.579. The van der Waals surface area contributed by atoms with Gasteiger partial charge in [0.15, 0.2) is 0 Å². The van der Waals surface area contributed by atoms with Gasteiger partial charge in [0.05, 0.1) is 13.0 Å². The van der Waals surface area contributed by atoms with Crippen LogP contribution in [0.5, 0.6) is 5.75 Å². The van der Waals surface area contributed by atoms with Crippen LogP contribution in [-0.2, 0) is 9.59 Å². The van der Waals surface area contributed by atoms with Crippen molar-refractivity contribution < 1.29 is 14.3 Å². The highest BCUT2D eigenvalue weighted by Gasteiger charge is 2.23. The van der Waals surface area contributed by atoms with Gasteiger partial charge in [-0.3, -0.25) is 9.59 Å². The Hall–Kier alpha value is -2.04. The highest BCUT2D eigenvalue weighted by molar-refractivity contribution is 5.87. The first-order valence-electron chi connectivity index (χ1n) is 8.41. The summed E-state index contributed by atoms with van der Waals surface area (Å²) in [4.78, 5) is 25.8. The molecular formula is C19H30N2O3. The molecule has 0 fully saturated rings. The molecule has 0 aliphatic carbocycles. The smallest absolute Gasteiger partial charge is 0.244 e. The third kappa shape index (κ3) is 6.60. The molecule has 0 spiro atoms. The van der Waals surface area contributed by atoms with Crippen LogP contribution in [-0.4, -0.2) is 43.5 Å². The highest BCUT2D eigenvalue weighted by atomic mass is 16.5. The van der Waals surface area contributed by atoms with Crippen molar-refractivity contribution in [3.63, 3.8) is 0 Å². The summed E-state index contributed by atoms with van der Waals surface area (Å²) in [6.45, 7) is 8.43. The maximum Gasteiger partial charge on any atom is 0.244 e. The lowest BCUT2D eigenvalue weighted by atomic mass is 10.0. The van der Waals surface area contributed by atoms with E-state index in [1.165, 1.54) is 10.5 Å². The third-order valence-electron chi connectivity index (χ3n) is 3.86. The number of carbonyl (C=O) groups excluding carboxylic acids is 2. The number of likely N-dealkylation sites (N-methyl/N-ethyl adjacent to an activating group) is 1. The molecule has 1 aromatic rings. The van der Waals surface area contributed by atoms with Crippen LogP contribution in [0.3, 0.4) is 0 Å². The number of nitrogens with one attached hydrogen (secondary N) is 1. The van der Waals surface area contributed by atoms with Gasteiger partial charge in [-0.05, 0) is 49.4 Å². The van der Waals surface area contributed by atoms with Crippen molar-refractivity contribution in [2.45, 2.75) is 46.6 Å². The number of amides is 2. The first-order valence-corrected chi connectivity index (χ1v) is 8.41. The van der Waals surface area contributed by atoms with E-state index in [2.05, 4.69) is 5.32 Å². The summed E-state index contributed by atoms with van der Waals surface area (Å²) < 4.78 is 5.63. The number of carbonyl (C=O) groups is 2. The number of rotatable bonds is 8. The minimum Gasteiger partial charge on any atom is -0.493 e. The van der Waals surface area contributed by atoms with Crippen LogP contribution in [0.4, 0.5) is 0 Å². The number of benzene rings is 1. The van der Waals surface area contributed by atoms with E-state index in [4.69, 9.17) is 4.74 Å². The van der Waals surface area contributed by atoms with Gasteiger partial charge in [0.2, 0.25) is 11.8 Å². The fourth-order valence-corrected chi connectivity index (χ4v) is 2.34. The predicted molar refractivity (Wildman–Crippen MR) is 96.1 cm³/mol. The molecule has 0 aliphatic heterocycles. The summed E-state index contributed by atoms with van der Waals surface area (Å²) in [7, 11) is 3.40. The molecule has 0 saturated heterocycles. The maximum absolute atomic E-state index is 12.2. The normalized spacial score (nSPS) is 12.0. The third-order valence-corrected chi connectivity index (χ3v) is 3.86. The second-order valence-corrected chi connectivity index (χ2v) is 6.83. The van der Waals surface area contributed by atoms with Crippen molar-refractivity contribution in [1.29, 1.82) is 0 Å². The second kappa shape index (κ2) is 9.30. The van der Waals surface area contributed by atoms with Crippen LogP contribution in [0, 0.1) is 19.8 Å². The zero-order valence-electron chi connectivity index (χ0n) is 15.7. The number of nitrogens with zero attached hydrogens (tertiary/aromatic N) is 1. The molecule has 0 bridgehead atoms. The van der Waals surface area contributed by atoms with E-state index in [1.54, 1.807) is 14.1 Å². The zero-order chi connectivity index (χ0) is 18.3. The average Bonchev–Trinajstić information content (AvgIpc) is 2.48. The van der Waals surface area contributed by atoms with Gasteiger partial charge in [0.1, 0.15) is 11.8 Å². The van der Waals surface area contributed by atoms with E-state index in [1.807, 2.05) is 45.9 Å². The summed E-state index contributed by atoms with van der Waals surface area (Å²) in [6.07, 6.45) is 0.850. The summed E-state index contributed by atoms with van der Waals surface area (Å²) in [5.41, 5.74) is 2.37. The van der Waals surface area contributed by atoms with Gasteiger partial charge < -0.3 is 15.0 Å². The molecule has 1 rings (SSSR count). The van der Waals surface area contributed by atoms with Crippen molar-refractivity contribution in [1.82, 2.24) is 10.2 Å². The molecule has 134 valence electrons. The van der Waals surface area contributed by atoms with Gasteiger partial charge in [-0.25, -0.2) is 0 Å². The van der Waals surface area contributed by atoms with E-state index in [9.17, 15) is 9.59 Å². The monoisotopic (exact) mass is 334 g/mol. The molecule has 0 saturated carbocycles. The van der Waals surface area contributed by atoms with E-state index >= 15 is 0 Å². The Morgan fingerprint density at radius 3 is 2.38 bits per heavy atom. The Morgan fingerprint density at radius 2 is 1.83 bits per heavy atom. The van der Waals surface area contributed by atoms with Crippen LogP contribution >= 0.6 is 0 Å². The standard InChI is InChI=1S/C19H30N2O3/c1-13(2)11-17(19(23)21(5)6)20-18(22)9-10-24-16-8-7-14(3)15(4)12-16/h7-8,12-13,17H,9-11H2,1-6H3,(H,20,22)/t17-/m0/s1. The fourth-order valence-electron chi connectivity index (χ4n) is 2.34. The molecule has 5 nitrogen and oxygen atoms in total. The topological polar surface area (TPSA) is 58.6 Å². The number of ether oxygens (including phenoxy) is 1. The van der Waals surface area contributed by atoms with Crippen molar-refractivity contribution in [3.05, 3.63) is 29.3 Å². The second-order valence-electron chi connectivity index (χ2n) is 6.83. The minimum atomic E-state index is -0.478. The Kier molecular flexibility index (Phi) is 7.75. The van der Waals surface area contributed by atoms with Gasteiger partial charge in [0, 0.05) is 14.1 Å². The van der Waals surface area contributed by atoms with Crippen molar-refractivity contribution >= 4 is 11.8 Å².